The molecule has 0 saturated heterocycles. The molecule has 0 amide bonds. The van der Waals surface area contributed by atoms with Crippen LogP contribution >= 0.6 is 0 Å². The van der Waals surface area contributed by atoms with Crippen molar-refractivity contribution in [3.8, 4) is 0 Å². The molecule has 0 aromatic rings. The Morgan fingerprint density at radius 1 is 1.50 bits per heavy atom. The molecule has 0 bridgehead atoms. The summed E-state index contributed by atoms with van der Waals surface area (Å²) in [6.45, 7) is 12.3. The van der Waals surface area contributed by atoms with Crippen molar-refractivity contribution in [3.05, 3.63) is 23.8 Å². The highest BCUT2D eigenvalue weighted by atomic mass is 16.3. The largest absolute Gasteiger partial charge is 0.385 e. The number of rotatable bonds is 2. The van der Waals surface area contributed by atoms with Crippen LogP contribution in [0.5, 0.6) is 0 Å². The Morgan fingerprint density at radius 2 is 2.07 bits per heavy atom. The van der Waals surface area contributed by atoms with E-state index in [4.69, 9.17) is 0 Å². The fourth-order valence-electron chi connectivity index (χ4n) is 2.25. The van der Waals surface area contributed by atoms with Gasteiger partial charge in [0, 0.05) is 6.42 Å². The minimum atomic E-state index is -0.624. The third-order valence-electron chi connectivity index (χ3n) is 3.12. The van der Waals surface area contributed by atoms with Crippen LogP contribution in [0, 0.1) is 5.41 Å². The summed E-state index contributed by atoms with van der Waals surface area (Å²) < 4.78 is 0. The molecule has 80 valence electrons. The summed E-state index contributed by atoms with van der Waals surface area (Å²) in [7, 11) is 0. The fourth-order valence-corrected chi connectivity index (χ4v) is 2.25. The molecular formula is C13H22O. The minimum Gasteiger partial charge on any atom is -0.385 e. The molecule has 1 atom stereocenters. The zero-order valence-corrected chi connectivity index (χ0v) is 9.85. The van der Waals surface area contributed by atoms with Crippen LogP contribution in [-0.4, -0.2) is 10.7 Å². The maximum absolute atomic E-state index is 10.4. The van der Waals surface area contributed by atoms with Gasteiger partial charge in [0.15, 0.2) is 0 Å². The summed E-state index contributed by atoms with van der Waals surface area (Å²) in [5.74, 6) is 0. The van der Waals surface area contributed by atoms with Gasteiger partial charge in [-0.3, -0.25) is 0 Å². The van der Waals surface area contributed by atoms with Crippen molar-refractivity contribution in [1.82, 2.24) is 0 Å². The zero-order valence-electron chi connectivity index (χ0n) is 9.85. The molecule has 0 unspecified atom stereocenters. The quantitative estimate of drug-likeness (QED) is 0.667. The van der Waals surface area contributed by atoms with Crippen LogP contribution in [-0.2, 0) is 0 Å². The Morgan fingerprint density at radius 3 is 2.50 bits per heavy atom. The van der Waals surface area contributed by atoms with Crippen molar-refractivity contribution >= 4 is 0 Å². The minimum absolute atomic E-state index is 0.241. The lowest BCUT2D eigenvalue weighted by atomic mass is 9.71. The molecule has 0 aromatic carbocycles. The first-order valence-corrected chi connectivity index (χ1v) is 5.32. The van der Waals surface area contributed by atoms with E-state index in [-0.39, 0.29) is 5.41 Å². The molecule has 0 spiro atoms. The highest BCUT2D eigenvalue weighted by molar-refractivity contribution is 5.23. The molecule has 1 aliphatic carbocycles. The third-order valence-corrected chi connectivity index (χ3v) is 3.12. The van der Waals surface area contributed by atoms with Gasteiger partial charge in [-0.2, -0.15) is 0 Å². The monoisotopic (exact) mass is 194 g/mol. The van der Waals surface area contributed by atoms with Crippen molar-refractivity contribution in [2.75, 3.05) is 0 Å². The molecule has 0 fully saturated rings. The molecule has 1 aliphatic rings. The molecule has 14 heavy (non-hydrogen) atoms. The molecule has 0 radical (unpaired) electrons. The van der Waals surface area contributed by atoms with Crippen LogP contribution in [0.3, 0.4) is 0 Å². The van der Waals surface area contributed by atoms with E-state index in [1.54, 1.807) is 0 Å². The van der Waals surface area contributed by atoms with Crippen LogP contribution in [0.1, 0.15) is 47.0 Å². The lowest BCUT2D eigenvalue weighted by molar-refractivity contribution is 0.0480. The van der Waals surface area contributed by atoms with E-state index >= 15 is 0 Å². The van der Waals surface area contributed by atoms with E-state index in [0.717, 1.165) is 24.0 Å². The maximum Gasteiger partial charge on any atom is 0.0891 e. The summed E-state index contributed by atoms with van der Waals surface area (Å²) in [4.78, 5) is 0. The number of hydrogen-bond donors (Lipinski definition) is 1. The average Bonchev–Trinajstić information content (AvgIpc) is 1.97. The second kappa shape index (κ2) is 3.54. The van der Waals surface area contributed by atoms with Gasteiger partial charge < -0.3 is 5.11 Å². The van der Waals surface area contributed by atoms with E-state index in [1.165, 1.54) is 0 Å². The first kappa shape index (κ1) is 11.5. The summed E-state index contributed by atoms with van der Waals surface area (Å²) in [6.07, 6.45) is 4.81. The number of aliphatic hydroxyl groups is 1. The summed E-state index contributed by atoms with van der Waals surface area (Å²) >= 11 is 0. The van der Waals surface area contributed by atoms with Crippen LogP contribution < -0.4 is 0 Å². The summed E-state index contributed by atoms with van der Waals surface area (Å²) in [5.41, 5.74) is 1.78. The fraction of sp³-hybridized carbons (Fsp3) is 0.692. The lowest BCUT2D eigenvalue weighted by Crippen LogP contribution is -2.36. The van der Waals surface area contributed by atoms with Gasteiger partial charge in [-0.15, -0.1) is 6.58 Å². The van der Waals surface area contributed by atoms with Crippen molar-refractivity contribution in [2.24, 2.45) is 5.41 Å². The Labute approximate surface area is 87.5 Å². The topological polar surface area (TPSA) is 20.2 Å². The van der Waals surface area contributed by atoms with Crippen LogP contribution in [0.15, 0.2) is 23.8 Å². The van der Waals surface area contributed by atoms with Crippen molar-refractivity contribution < 1.29 is 5.11 Å². The zero-order chi connectivity index (χ0) is 11.0. The Hall–Kier alpha value is -0.560. The lowest BCUT2D eigenvalue weighted by Gasteiger charge is -2.39. The van der Waals surface area contributed by atoms with Gasteiger partial charge >= 0.3 is 0 Å². The SMILES string of the molecule is C=C(C)C[C@@]1(O)CCC(C)(C)C=C1C. The average molecular weight is 194 g/mol. The van der Waals surface area contributed by atoms with Crippen LogP contribution in [0.25, 0.3) is 0 Å². The third kappa shape index (κ3) is 2.48. The van der Waals surface area contributed by atoms with Crippen molar-refractivity contribution in [3.63, 3.8) is 0 Å². The molecule has 1 nitrogen and oxygen atoms in total. The van der Waals surface area contributed by atoms with Gasteiger partial charge in [-0.05, 0) is 37.7 Å². The van der Waals surface area contributed by atoms with E-state index in [1.807, 2.05) is 13.8 Å². The second-order valence-electron chi connectivity index (χ2n) is 5.48. The molecule has 0 heterocycles. The molecule has 0 saturated carbocycles. The maximum atomic E-state index is 10.4. The number of allylic oxidation sites excluding steroid dienone is 1. The normalized spacial score (nSPS) is 31.1. The Balaban J connectivity index is 2.89. The molecule has 1 heteroatoms. The van der Waals surface area contributed by atoms with Crippen LogP contribution in [0.4, 0.5) is 0 Å². The highest BCUT2D eigenvalue weighted by Crippen LogP contribution is 2.41. The van der Waals surface area contributed by atoms with E-state index in [2.05, 4.69) is 26.5 Å². The Kier molecular flexibility index (Phi) is 2.91. The number of hydrogen-bond acceptors (Lipinski definition) is 1. The second-order valence-corrected chi connectivity index (χ2v) is 5.48. The van der Waals surface area contributed by atoms with Crippen molar-refractivity contribution in [2.45, 2.75) is 52.6 Å². The van der Waals surface area contributed by atoms with E-state index in [9.17, 15) is 5.11 Å². The molecular weight excluding hydrogens is 172 g/mol. The van der Waals surface area contributed by atoms with Gasteiger partial charge in [0.2, 0.25) is 0 Å². The van der Waals surface area contributed by atoms with Gasteiger partial charge in [-0.1, -0.05) is 25.5 Å². The van der Waals surface area contributed by atoms with Crippen LogP contribution in [0.2, 0.25) is 0 Å². The predicted molar refractivity (Wildman–Crippen MR) is 61.2 cm³/mol. The summed E-state index contributed by atoms with van der Waals surface area (Å²) in [5, 5.41) is 10.4. The van der Waals surface area contributed by atoms with Gasteiger partial charge in [-0.25, -0.2) is 0 Å². The van der Waals surface area contributed by atoms with Gasteiger partial charge in [0.05, 0.1) is 5.60 Å². The smallest absolute Gasteiger partial charge is 0.0891 e. The Bertz CT molecular complexity index is 273. The van der Waals surface area contributed by atoms with E-state index in [0.29, 0.717) is 6.42 Å². The molecule has 1 rings (SSSR count). The summed E-state index contributed by atoms with van der Waals surface area (Å²) in [6, 6.07) is 0. The first-order chi connectivity index (χ1) is 6.25. The molecule has 0 aromatic heterocycles. The highest BCUT2D eigenvalue weighted by Gasteiger charge is 2.36. The molecule has 1 N–H and O–H groups in total. The molecule has 0 aliphatic heterocycles. The standard InChI is InChI=1S/C13H22O/c1-10(2)8-13(14)7-6-12(4,5)9-11(13)3/h9,14H,1,6-8H2,2-5H3/t13-/m0/s1. The first-order valence-electron chi connectivity index (χ1n) is 5.32. The van der Waals surface area contributed by atoms with Crippen molar-refractivity contribution in [1.29, 1.82) is 0 Å². The van der Waals surface area contributed by atoms with Gasteiger partial charge in [0.1, 0.15) is 0 Å². The van der Waals surface area contributed by atoms with E-state index < -0.39 is 5.60 Å². The predicted octanol–water partition coefficient (Wildman–Crippen LogP) is 3.45. The van der Waals surface area contributed by atoms with Gasteiger partial charge in [0.25, 0.3) is 0 Å².